The molecule has 2 nitrogen and oxygen atoms in total. The number of hydrogen-bond donors (Lipinski definition) is 1. The second-order valence-electron chi connectivity index (χ2n) is 4.01. The van der Waals surface area contributed by atoms with Gasteiger partial charge in [-0.1, -0.05) is 12.1 Å². The minimum absolute atomic E-state index is 0.814. The number of benzene rings is 1. The number of ether oxygens (including phenoxy) is 1. The lowest BCUT2D eigenvalue weighted by atomic mass is 10.1. The summed E-state index contributed by atoms with van der Waals surface area (Å²) < 4.78 is 5.48. The average Bonchev–Trinajstić information content (AvgIpc) is 2.72. The van der Waals surface area contributed by atoms with Crippen LogP contribution < -0.4 is 4.74 Å². The third kappa shape index (κ3) is 2.67. The fourth-order valence-corrected chi connectivity index (χ4v) is 1.93. The maximum absolute atomic E-state index is 5.48. The molecule has 15 heavy (non-hydrogen) atoms. The largest absolute Gasteiger partial charge is 0.493 e. The number of nitrogens with zero attached hydrogens (tertiary/aromatic N) is 1. The molecule has 0 atom stereocenters. The lowest BCUT2D eigenvalue weighted by Crippen LogP contribution is -2.19. The van der Waals surface area contributed by atoms with Crippen LogP contribution in [0.1, 0.15) is 11.1 Å². The highest BCUT2D eigenvalue weighted by Gasteiger charge is 2.11. The average molecular weight is 223 g/mol. The van der Waals surface area contributed by atoms with Crippen molar-refractivity contribution < 1.29 is 4.74 Å². The number of thiol groups is 1. The normalized spacial score (nSPS) is 14.1. The highest BCUT2D eigenvalue weighted by atomic mass is 32.1. The quantitative estimate of drug-likeness (QED) is 0.619. The third-order valence-electron chi connectivity index (χ3n) is 2.78. The van der Waals surface area contributed by atoms with E-state index in [-0.39, 0.29) is 0 Å². The van der Waals surface area contributed by atoms with Gasteiger partial charge in [-0.15, -0.1) is 0 Å². The van der Waals surface area contributed by atoms with Gasteiger partial charge in [0.05, 0.1) is 6.61 Å². The zero-order valence-electron chi connectivity index (χ0n) is 9.07. The first-order chi connectivity index (χ1) is 7.29. The molecule has 1 aromatic carbocycles. The van der Waals surface area contributed by atoms with Gasteiger partial charge in [0.2, 0.25) is 0 Å². The molecule has 82 valence electrons. The van der Waals surface area contributed by atoms with Crippen LogP contribution >= 0.6 is 12.6 Å². The van der Waals surface area contributed by atoms with Crippen molar-refractivity contribution in [2.45, 2.75) is 12.8 Å². The third-order valence-corrected chi connectivity index (χ3v) is 3.26. The van der Waals surface area contributed by atoms with Crippen molar-refractivity contribution in [3.63, 3.8) is 0 Å². The highest BCUT2D eigenvalue weighted by molar-refractivity contribution is 7.80. The van der Waals surface area contributed by atoms with Gasteiger partial charge in [0.25, 0.3) is 0 Å². The zero-order valence-corrected chi connectivity index (χ0v) is 9.96. The number of hydrogen-bond acceptors (Lipinski definition) is 3. The fourth-order valence-electron chi connectivity index (χ4n) is 1.79. The van der Waals surface area contributed by atoms with Crippen LogP contribution in [0.15, 0.2) is 18.2 Å². The molecule has 0 amide bonds. The lowest BCUT2D eigenvalue weighted by molar-refractivity contribution is 0.356. The molecule has 0 aliphatic carbocycles. The maximum atomic E-state index is 5.48. The molecule has 0 saturated heterocycles. The standard InChI is InChI=1S/C12H17NOS/c1-13(9-15)6-4-10-2-3-12-11(8-10)5-7-14-12/h2-3,8,15H,4-7,9H2,1H3. The Balaban J connectivity index is 1.98. The van der Waals surface area contributed by atoms with E-state index in [1.54, 1.807) is 0 Å². The van der Waals surface area contributed by atoms with Crippen molar-refractivity contribution in [3.8, 4) is 5.75 Å². The molecule has 0 spiro atoms. The van der Waals surface area contributed by atoms with Crippen LogP contribution in [0, 0.1) is 0 Å². The topological polar surface area (TPSA) is 12.5 Å². The predicted octanol–water partition coefficient (Wildman–Crippen LogP) is 1.98. The fraction of sp³-hybridized carbons (Fsp3) is 0.500. The molecule has 0 saturated carbocycles. The Kier molecular flexibility index (Phi) is 3.54. The van der Waals surface area contributed by atoms with Crippen molar-refractivity contribution in [3.05, 3.63) is 29.3 Å². The molecule has 1 aromatic rings. The molecular formula is C12H17NOS. The summed E-state index contributed by atoms with van der Waals surface area (Å²) in [6.45, 7) is 1.90. The summed E-state index contributed by atoms with van der Waals surface area (Å²) in [6, 6.07) is 6.53. The Morgan fingerprint density at radius 3 is 3.13 bits per heavy atom. The van der Waals surface area contributed by atoms with Crippen LogP contribution in [0.3, 0.4) is 0 Å². The molecule has 3 heteroatoms. The van der Waals surface area contributed by atoms with Gasteiger partial charge in [0.15, 0.2) is 0 Å². The summed E-state index contributed by atoms with van der Waals surface area (Å²) in [4.78, 5) is 2.20. The van der Waals surface area contributed by atoms with E-state index in [0.29, 0.717) is 0 Å². The van der Waals surface area contributed by atoms with E-state index in [0.717, 1.165) is 37.6 Å². The minimum atomic E-state index is 0.814. The van der Waals surface area contributed by atoms with Crippen LogP contribution in [0.2, 0.25) is 0 Å². The molecule has 1 aliphatic heterocycles. The van der Waals surface area contributed by atoms with Gasteiger partial charge >= 0.3 is 0 Å². The summed E-state index contributed by atoms with van der Waals surface area (Å²) in [5, 5.41) is 0. The maximum Gasteiger partial charge on any atom is 0.122 e. The lowest BCUT2D eigenvalue weighted by Gasteiger charge is -2.13. The number of likely N-dealkylation sites (N-methyl/N-ethyl adjacent to an activating group) is 1. The van der Waals surface area contributed by atoms with Crippen LogP contribution in [-0.2, 0) is 12.8 Å². The van der Waals surface area contributed by atoms with Crippen LogP contribution in [0.25, 0.3) is 0 Å². The second-order valence-corrected chi connectivity index (χ2v) is 4.29. The first kappa shape index (κ1) is 10.8. The molecule has 0 N–H and O–H groups in total. The monoisotopic (exact) mass is 223 g/mol. The minimum Gasteiger partial charge on any atom is -0.493 e. The molecule has 0 fully saturated rings. The molecule has 2 rings (SSSR count). The summed E-state index contributed by atoms with van der Waals surface area (Å²) in [5.74, 6) is 1.88. The zero-order chi connectivity index (χ0) is 10.7. The van der Waals surface area contributed by atoms with Gasteiger partial charge in [0.1, 0.15) is 5.75 Å². The first-order valence-corrected chi connectivity index (χ1v) is 5.97. The van der Waals surface area contributed by atoms with Crippen LogP contribution in [-0.4, -0.2) is 31.0 Å². The van der Waals surface area contributed by atoms with Gasteiger partial charge in [0, 0.05) is 18.8 Å². The SMILES string of the molecule is CN(CS)CCc1ccc2c(c1)CCO2. The van der Waals surface area contributed by atoms with Crippen molar-refractivity contribution in [1.29, 1.82) is 0 Å². The Labute approximate surface area is 96.6 Å². The van der Waals surface area contributed by atoms with Crippen molar-refractivity contribution in [2.75, 3.05) is 26.1 Å². The van der Waals surface area contributed by atoms with Gasteiger partial charge in [-0.25, -0.2) is 0 Å². The van der Waals surface area contributed by atoms with E-state index in [1.807, 2.05) is 0 Å². The van der Waals surface area contributed by atoms with Crippen molar-refractivity contribution in [2.24, 2.45) is 0 Å². The highest BCUT2D eigenvalue weighted by Crippen LogP contribution is 2.25. The van der Waals surface area contributed by atoms with Gasteiger partial charge in [-0.2, -0.15) is 12.6 Å². The van der Waals surface area contributed by atoms with Crippen LogP contribution in [0.5, 0.6) is 5.75 Å². The van der Waals surface area contributed by atoms with Crippen LogP contribution in [0.4, 0.5) is 0 Å². The van der Waals surface area contributed by atoms with E-state index in [4.69, 9.17) is 4.74 Å². The summed E-state index contributed by atoms with van der Waals surface area (Å²) in [7, 11) is 2.09. The van der Waals surface area contributed by atoms with Gasteiger partial charge in [-0.05, 0) is 30.7 Å². The van der Waals surface area contributed by atoms with Gasteiger partial charge in [-0.3, -0.25) is 4.90 Å². The van der Waals surface area contributed by atoms with Crippen molar-refractivity contribution >= 4 is 12.6 Å². The van der Waals surface area contributed by atoms with E-state index in [2.05, 4.69) is 42.8 Å². The molecule has 1 heterocycles. The molecular weight excluding hydrogens is 206 g/mol. The van der Waals surface area contributed by atoms with E-state index in [9.17, 15) is 0 Å². The van der Waals surface area contributed by atoms with E-state index < -0.39 is 0 Å². The predicted molar refractivity (Wildman–Crippen MR) is 65.8 cm³/mol. The molecule has 0 unspecified atom stereocenters. The Hall–Kier alpha value is -0.670. The summed E-state index contributed by atoms with van der Waals surface area (Å²) in [5.41, 5.74) is 2.76. The molecule has 0 bridgehead atoms. The smallest absolute Gasteiger partial charge is 0.122 e. The van der Waals surface area contributed by atoms with E-state index in [1.165, 1.54) is 11.1 Å². The number of rotatable bonds is 4. The Bertz CT molecular complexity index is 340. The van der Waals surface area contributed by atoms with Gasteiger partial charge < -0.3 is 4.74 Å². The van der Waals surface area contributed by atoms with E-state index >= 15 is 0 Å². The summed E-state index contributed by atoms with van der Waals surface area (Å²) >= 11 is 4.23. The number of fused-ring (bicyclic) bond motifs is 1. The first-order valence-electron chi connectivity index (χ1n) is 5.33. The molecule has 0 radical (unpaired) electrons. The molecule has 1 aliphatic rings. The van der Waals surface area contributed by atoms with Crippen molar-refractivity contribution in [1.82, 2.24) is 4.90 Å². The summed E-state index contributed by atoms with van der Waals surface area (Å²) in [6.07, 6.45) is 2.15. The molecule has 0 aromatic heterocycles. The Morgan fingerprint density at radius 1 is 1.47 bits per heavy atom. The Morgan fingerprint density at radius 2 is 2.33 bits per heavy atom. The second kappa shape index (κ2) is 4.90.